The van der Waals surface area contributed by atoms with E-state index < -0.39 is 11.9 Å². The molecular weight excluding hydrogens is 368 g/mol. The van der Waals surface area contributed by atoms with Gasteiger partial charge in [-0.1, -0.05) is 19.1 Å². The first kappa shape index (κ1) is 20.0. The molecule has 0 aromatic heterocycles. The molecule has 2 fully saturated rings. The van der Waals surface area contributed by atoms with Crippen molar-refractivity contribution in [2.75, 3.05) is 32.8 Å². The van der Waals surface area contributed by atoms with Crippen molar-refractivity contribution in [1.29, 1.82) is 0 Å². The third-order valence-corrected chi connectivity index (χ3v) is 6.02. The standard InChI is InChI=1S/C23H30N2O4/c1-2-14-29-18-7-5-6-17(15-18)20-19(21(26)16-8-9-16)22(27)23(28)25(20)13-12-24-10-3-4-11-24/h5-7,15-16,20,27H,2-4,8-14H2,1H3. The minimum Gasteiger partial charge on any atom is -0.503 e. The molecule has 4 rings (SSSR count). The highest BCUT2D eigenvalue weighted by Gasteiger charge is 2.47. The van der Waals surface area contributed by atoms with Crippen molar-refractivity contribution < 1.29 is 19.4 Å². The van der Waals surface area contributed by atoms with Gasteiger partial charge in [-0.05, 0) is 62.9 Å². The number of aliphatic hydroxyl groups excluding tert-OH is 1. The van der Waals surface area contributed by atoms with Crippen LogP contribution in [0.2, 0.25) is 0 Å². The highest BCUT2D eigenvalue weighted by molar-refractivity contribution is 6.10. The summed E-state index contributed by atoms with van der Waals surface area (Å²) in [4.78, 5) is 29.9. The summed E-state index contributed by atoms with van der Waals surface area (Å²) < 4.78 is 5.77. The lowest BCUT2D eigenvalue weighted by Gasteiger charge is -2.29. The lowest BCUT2D eigenvalue weighted by Crippen LogP contribution is -2.38. The third-order valence-electron chi connectivity index (χ3n) is 6.02. The second kappa shape index (κ2) is 8.57. The Labute approximate surface area is 172 Å². The molecular formula is C23H30N2O4. The van der Waals surface area contributed by atoms with Crippen molar-refractivity contribution in [1.82, 2.24) is 9.80 Å². The SMILES string of the molecule is CCCOc1cccc(C2C(C(=O)C3CC3)=C(O)C(=O)N2CCN2CCCC2)c1. The molecule has 1 aromatic carbocycles. The van der Waals surface area contributed by atoms with Crippen LogP contribution in [-0.4, -0.2) is 59.4 Å². The normalized spacial score (nSPS) is 22.6. The summed E-state index contributed by atoms with van der Waals surface area (Å²) in [6, 6.07) is 7.05. The molecule has 0 bridgehead atoms. The van der Waals surface area contributed by atoms with Gasteiger partial charge in [-0.3, -0.25) is 9.59 Å². The summed E-state index contributed by atoms with van der Waals surface area (Å²) >= 11 is 0. The maximum absolute atomic E-state index is 13.0. The first-order valence-corrected chi connectivity index (χ1v) is 10.8. The number of nitrogens with zero attached hydrogens (tertiary/aromatic N) is 2. The molecule has 1 amide bonds. The largest absolute Gasteiger partial charge is 0.503 e. The summed E-state index contributed by atoms with van der Waals surface area (Å²) in [6.45, 7) is 6.00. The average molecular weight is 399 g/mol. The molecule has 2 aliphatic heterocycles. The molecule has 1 saturated carbocycles. The van der Waals surface area contributed by atoms with E-state index in [0.29, 0.717) is 13.2 Å². The Morgan fingerprint density at radius 3 is 2.66 bits per heavy atom. The number of likely N-dealkylation sites (tertiary alicyclic amines) is 1. The summed E-state index contributed by atoms with van der Waals surface area (Å²) in [5.41, 5.74) is 1.09. The van der Waals surface area contributed by atoms with E-state index >= 15 is 0 Å². The Morgan fingerprint density at radius 1 is 1.21 bits per heavy atom. The molecule has 6 heteroatoms. The van der Waals surface area contributed by atoms with Crippen LogP contribution in [0.1, 0.15) is 50.6 Å². The molecule has 0 radical (unpaired) electrons. The van der Waals surface area contributed by atoms with Crippen molar-refractivity contribution in [2.45, 2.75) is 45.1 Å². The molecule has 0 spiro atoms. The predicted octanol–water partition coefficient (Wildman–Crippen LogP) is 3.25. The lowest BCUT2D eigenvalue weighted by atomic mass is 9.94. The Morgan fingerprint density at radius 2 is 1.97 bits per heavy atom. The first-order chi connectivity index (χ1) is 14.1. The first-order valence-electron chi connectivity index (χ1n) is 10.8. The molecule has 1 aromatic rings. The zero-order valence-electron chi connectivity index (χ0n) is 17.1. The number of aliphatic hydroxyl groups is 1. The Kier molecular flexibility index (Phi) is 5.90. The quantitative estimate of drug-likeness (QED) is 0.692. The third kappa shape index (κ3) is 4.17. The van der Waals surface area contributed by atoms with Crippen LogP contribution in [0.25, 0.3) is 0 Å². The Hall–Kier alpha value is -2.34. The molecule has 29 heavy (non-hydrogen) atoms. The van der Waals surface area contributed by atoms with Gasteiger partial charge < -0.3 is 19.6 Å². The van der Waals surface area contributed by atoms with Gasteiger partial charge >= 0.3 is 0 Å². The van der Waals surface area contributed by atoms with Gasteiger partial charge in [-0.15, -0.1) is 0 Å². The number of amides is 1. The smallest absolute Gasteiger partial charge is 0.290 e. The maximum atomic E-state index is 13.0. The van der Waals surface area contributed by atoms with Crippen LogP contribution >= 0.6 is 0 Å². The summed E-state index contributed by atoms with van der Waals surface area (Å²) in [6.07, 6.45) is 4.94. The second-order valence-electron chi connectivity index (χ2n) is 8.27. The van der Waals surface area contributed by atoms with Crippen LogP contribution < -0.4 is 4.74 Å². The molecule has 1 unspecified atom stereocenters. The van der Waals surface area contributed by atoms with E-state index in [9.17, 15) is 14.7 Å². The van der Waals surface area contributed by atoms with Gasteiger partial charge in [-0.25, -0.2) is 0 Å². The van der Waals surface area contributed by atoms with E-state index in [0.717, 1.165) is 50.2 Å². The number of hydrogen-bond donors (Lipinski definition) is 1. The van der Waals surface area contributed by atoms with Crippen LogP contribution in [0.4, 0.5) is 0 Å². The molecule has 3 aliphatic rings. The van der Waals surface area contributed by atoms with Crippen LogP contribution in [0.5, 0.6) is 5.75 Å². The van der Waals surface area contributed by atoms with E-state index in [2.05, 4.69) is 4.90 Å². The van der Waals surface area contributed by atoms with E-state index in [-0.39, 0.29) is 23.0 Å². The van der Waals surface area contributed by atoms with Gasteiger partial charge in [-0.2, -0.15) is 0 Å². The fourth-order valence-electron chi connectivity index (χ4n) is 4.30. The van der Waals surface area contributed by atoms with Gasteiger partial charge in [0.25, 0.3) is 5.91 Å². The van der Waals surface area contributed by atoms with Crippen LogP contribution in [0.15, 0.2) is 35.6 Å². The second-order valence-corrected chi connectivity index (χ2v) is 8.27. The van der Waals surface area contributed by atoms with Crippen LogP contribution in [0.3, 0.4) is 0 Å². The number of hydrogen-bond acceptors (Lipinski definition) is 5. The minimum atomic E-state index is -0.539. The Bertz CT molecular complexity index is 809. The predicted molar refractivity (Wildman–Crippen MR) is 110 cm³/mol. The number of benzene rings is 1. The van der Waals surface area contributed by atoms with Crippen molar-refractivity contribution in [3.8, 4) is 5.75 Å². The maximum Gasteiger partial charge on any atom is 0.290 e. The van der Waals surface area contributed by atoms with Crippen molar-refractivity contribution >= 4 is 11.7 Å². The van der Waals surface area contributed by atoms with Crippen molar-refractivity contribution in [3.63, 3.8) is 0 Å². The lowest BCUT2D eigenvalue weighted by molar-refractivity contribution is -0.129. The summed E-state index contributed by atoms with van der Waals surface area (Å²) in [5, 5.41) is 10.6. The molecule has 6 nitrogen and oxygen atoms in total. The van der Waals surface area contributed by atoms with E-state index in [1.165, 1.54) is 12.8 Å². The van der Waals surface area contributed by atoms with Crippen molar-refractivity contribution in [2.24, 2.45) is 5.92 Å². The number of carbonyl (C=O) groups excluding carboxylic acids is 2. The minimum absolute atomic E-state index is 0.0551. The highest BCUT2D eigenvalue weighted by atomic mass is 16.5. The van der Waals surface area contributed by atoms with Gasteiger partial charge in [0.15, 0.2) is 11.5 Å². The zero-order chi connectivity index (χ0) is 20.4. The van der Waals surface area contributed by atoms with Gasteiger partial charge in [0.05, 0.1) is 18.2 Å². The molecule has 156 valence electrons. The number of ketones is 1. The zero-order valence-corrected chi connectivity index (χ0v) is 17.1. The Balaban J connectivity index is 1.63. The van der Waals surface area contributed by atoms with Crippen LogP contribution in [0, 0.1) is 5.92 Å². The fourth-order valence-corrected chi connectivity index (χ4v) is 4.30. The summed E-state index contributed by atoms with van der Waals surface area (Å²) in [7, 11) is 0. The van der Waals surface area contributed by atoms with Gasteiger partial charge in [0.2, 0.25) is 0 Å². The monoisotopic (exact) mass is 398 g/mol. The molecule has 1 aliphatic carbocycles. The number of ether oxygens (including phenoxy) is 1. The van der Waals surface area contributed by atoms with Crippen LogP contribution in [-0.2, 0) is 9.59 Å². The van der Waals surface area contributed by atoms with E-state index in [1.54, 1.807) is 4.90 Å². The topological polar surface area (TPSA) is 70.1 Å². The van der Waals surface area contributed by atoms with E-state index in [4.69, 9.17) is 4.74 Å². The highest BCUT2D eigenvalue weighted by Crippen LogP contribution is 2.43. The average Bonchev–Trinajstić information content (AvgIpc) is 3.40. The van der Waals surface area contributed by atoms with Gasteiger partial charge in [0, 0.05) is 19.0 Å². The fraction of sp³-hybridized carbons (Fsp3) is 0.565. The van der Waals surface area contributed by atoms with Crippen molar-refractivity contribution in [3.05, 3.63) is 41.2 Å². The molecule has 1 N–H and O–H groups in total. The summed E-state index contributed by atoms with van der Waals surface area (Å²) in [5.74, 6) is -0.211. The molecule has 1 atom stereocenters. The molecule has 2 heterocycles. The van der Waals surface area contributed by atoms with E-state index in [1.807, 2.05) is 31.2 Å². The number of rotatable bonds is 9. The number of carbonyl (C=O) groups is 2. The number of Topliss-reactive ketones (excluding diaryl/α,β-unsaturated/α-hetero) is 1. The van der Waals surface area contributed by atoms with Gasteiger partial charge in [0.1, 0.15) is 5.75 Å². The molecule has 1 saturated heterocycles.